The van der Waals surface area contributed by atoms with Crippen LogP contribution in [0.5, 0.6) is 0 Å². The van der Waals surface area contributed by atoms with Gasteiger partial charge in [0.2, 0.25) is 10.0 Å². The van der Waals surface area contributed by atoms with Crippen LogP contribution < -0.4 is 5.14 Å². The van der Waals surface area contributed by atoms with Crippen molar-refractivity contribution in [3.05, 3.63) is 65.5 Å². The summed E-state index contributed by atoms with van der Waals surface area (Å²) >= 11 is 0. The summed E-state index contributed by atoms with van der Waals surface area (Å²) in [5.74, 6) is -2.01. The first-order chi connectivity index (χ1) is 12.1. The second kappa shape index (κ2) is 6.51. The highest BCUT2D eigenvalue weighted by molar-refractivity contribution is 7.89. The smallest absolute Gasteiger partial charge is 0.225 e. The summed E-state index contributed by atoms with van der Waals surface area (Å²) in [5, 5.41) is 5.05. The zero-order chi connectivity index (χ0) is 19.1. The quantitative estimate of drug-likeness (QED) is 0.799. The van der Waals surface area contributed by atoms with E-state index in [-0.39, 0.29) is 17.7 Å². The van der Waals surface area contributed by atoms with Crippen molar-refractivity contribution >= 4 is 21.2 Å². The molecule has 1 aliphatic rings. The van der Waals surface area contributed by atoms with Crippen LogP contribution in [0.1, 0.15) is 24.0 Å². The molecule has 0 aliphatic heterocycles. The third kappa shape index (κ3) is 3.81. The maximum Gasteiger partial charge on any atom is 0.392 e. The molecule has 0 saturated heterocycles. The Morgan fingerprint density at radius 1 is 0.846 bits per heavy atom. The number of nitrogens with two attached hydrogens (primary N) is 1. The summed E-state index contributed by atoms with van der Waals surface area (Å²) in [4.78, 5) is -0.115. The van der Waals surface area contributed by atoms with Crippen molar-refractivity contribution in [2.45, 2.75) is 23.9 Å². The van der Waals surface area contributed by atoms with Crippen LogP contribution >= 0.6 is 0 Å². The first kappa shape index (κ1) is 18.6. The number of allylic oxidation sites excluding steroid dienone is 2. The van der Waals surface area contributed by atoms with Crippen molar-refractivity contribution in [2.24, 2.45) is 11.1 Å². The number of primary sulfonamides is 1. The lowest BCUT2D eigenvalue weighted by molar-refractivity contribution is -0.170. The second-order valence-corrected chi connectivity index (χ2v) is 7.74. The maximum atomic E-state index is 13.2. The highest BCUT2D eigenvalue weighted by Gasteiger charge is 2.44. The van der Waals surface area contributed by atoms with Crippen molar-refractivity contribution in [1.29, 1.82) is 0 Å². The van der Waals surface area contributed by atoms with Gasteiger partial charge >= 0.3 is 6.18 Å². The standard InChI is InChI=1S/C18H15F4NO2S/c19-14-5-1-11(2-6-14)16-9-13(18(20,21)22)10-17(16)12-3-7-15(8-4-12)26(23,24)25/h1-8,13H,9-10H2,(H2,23,24,25). The van der Waals surface area contributed by atoms with E-state index in [9.17, 15) is 26.0 Å². The lowest BCUT2D eigenvalue weighted by Crippen LogP contribution is -2.20. The van der Waals surface area contributed by atoms with Gasteiger partial charge in [-0.1, -0.05) is 24.3 Å². The van der Waals surface area contributed by atoms with E-state index >= 15 is 0 Å². The van der Waals surface area contributed by atoms with Gasteiger partial charge in [-0.2, -0.15) is 13.2 Å². The predicted molar refractivity (Wildman–Crippen MR) is 89.8 cm³/mol. The van der Waals surface area contributed by atoms with Crippen LogP contribution in [0.15, 0.2) is 53.4 Å². The van der Waals surface area contributed by atoms with E-state index < -0.39 is 27.9 Å². The van der Waals surface area contributed by atoms with Crippen LogP contribution in [0.2, 0.25) is 0 Å². The van der Waals surface area contributed by atoms with Crippen molar-refractivity contribution in [1.82, 2.24) is 0 Å². The van der Waals surface area contributed by atoms with E-state index in [1.54, 1.807) is 0 Å². The van der Waals surface area contributed by atoms with E-state index in [1.165, 1.54) is 48.5 Å². The summed E-state index contributed by atoms with van der Waals surface area (Å²) in [6.45, 7) is 0. The van der Waals surface area contributed by atoms with Crippen molar-refractivity contribution < 1.29 is 26.0 Å². The summed E-state index contributed by atoms with van der Waals surface area (Å²) in [6.07, 6.45) is -4.78. The Hall–Kier alpha value is -2.19. The van der Waals surface area contributed by atoms with Gasteiger partial charge in [0.05, 0.1) is 10.8 Å². The van der Waals surface area contributed by atoms with E-state index in [1.807, 2.05) is 0 Å². The van der Waals surface area contributed by atoms with Crippen LogP contribution in [0.3, 0.4) is 0 Å². The molecule has 1 atom stereocenters. The maximum absolute atomic E-state index is 13.2. The van der Waals surface area contributed by atoms with Gasteiger partial charge in [0.25, 0.3) is 0 Å². The molecule has 0 heterocycles. The van der Waals surface area contributed by atoms with Crippen LogP contribution in [-0.2, 0) is 10.0 Å². The number of benzene rings is 2. The van der Waals surface area contributed by atoms with Crippen molar-refractivity contribution in [3.8, 4) is 0 Å². The number of rotatable bonds is 3. The molecule has 2 aromatic carbocycles. The predicted octanol–water partition coefficient (Wildman–Crippen LogP) is 4.36. The molecule has 0 bridgehead atoms. The van der Waals surface area contributed by atoms with Gasteiger partial charge in [0, 0.05) is 0 Å². The molecule has 0 fully saturated rings. The average Bonchev–Trinajstić information content (AvgIpc) is 3.00. The van der Waals surface area contributed by atoms with Gasteiger partial charge in [-0.05, 0) is 59.4 Å². The fourth-order valence-electron chi connectivity index (χ4n) is 3.12. The minimum atomic E-state index is -4.35. The normalized spacial score (nSPS) is 18.4. The Labute approximate surface area is 148 Å². The fourth-order valence-corrected chi connectivity index (χ4v) is 3.64. The molecule has 0 radical (unpaired) electrons. The van der Waals surface area contributed by atoms with Gasteiger partial charge in [-0.3, -0.25) is 0 Å². The molecule has 8 heteroatoms. The van der Waals surface area contributed by atoms with Crippen LogP contribution in [-0.4, -0.2) is 14.6 Å². The molecule has 26 heavy (non-hydrogen) atoms. The topological polar surface area (TPSA) is 60.2 Å². The summed E-state index contributed by atoms with van der Waals surface area (Å²) < 4.78 is 75.6. The minimum absolute atomic E-state index is 0.115. The van der Waals surface area contributed by atoms with Gasteiger partial charge < -0.3 is 0 Å². The van der Waals surface area contributed by atoms with E-state index in [0.29, 0.717) is 22.3 Å². The fraction of sp³-hybridized carbons (Fsp3) is 0.222. The number of sulfonamides is 1. The molecule has 0 spiro atoms. The first-order valence-electron chi connectivity index (χ1n) is 7.73. The zero-order valence-electron chi connectivity index (χ0n) is 13.4. The molecular weight excluding hydrogens is 370 g/mol. The number of halogens is 4. The Morgan fingerprint density at radius 3 is 1.65 bits per heavy atom. The van der Waals surface area contributed by atoms with Crippen molar-refractivity contribution in [3.63, 3.8) is 0 Å². The molecule has 0 amide bonds. The molecule has 3 nitrogen and oxygen atoms in total. The minimum Gasteiger partial charge on any atom is -0.225 e. The highest BCUT2D eigenvalue weighted by atomic mass is 32.2. The summed E-state index contributed by atoms with van der Waals surface area (Å²) in [5.41, 5.74) is 1.96. The zero-order valence-corrected chi connectivity index (χ0v) is 14.2. The lowest BCUT2D eigenvalue weighted by atomic mass is 9.97. The molecule has 3 rings (SSSR count). The first-order valence-corrected chi connectivity index (χ1v) is 9.28. The molecule has 1 aliphatic carbocycles. The Morgan fingerprint density at radius 2 is 1.27 bits per heavy atom. The molecule has 0 aromatic heterocycles. The second-order valence-electron chi connectivity index (χ2n) is 6.18. The Bertz CT molecular complexity index is 946. The molecule has 1 unspecified atom stereocenters. The average molecular weight is 385 g/mol. The number of hydrogen-bond donors (Lipinski definition) is 1. The molecule has 0 saturated carbocycles. The number of hydrogen-bond acceptors (Lipinski definition) is 2. The van der Waals surface area contributed by atoms with Gasteiger partial charge in [-0.15, -0.1) is 0 Å². The SMILES string of the molecule is NS(=O)(=O)c1ccc(C2=C(c3ccc(F)cc3)CC(C(F)(F)F)C2)cc1. The highest BCUT2D eigenvalue weighted by Crippen LogP contribution is 2.49. The largest absolute Gasteiger partial charge is 0.392 e. The Balaban J connectivity index is 2.06. The monoisotopic (exact) mass is 385 g/mol. The van der Waals surface area contributed by atoms with Crippen molar-refractivity contribution in [2.75, 3.05) is 0 Å². The molecular formula is C18H15F4NO2S. The van der Waals surface area contributed by atoms with E-state index in [0.717, 1.165) is 0 Å². The summed E-state index contributed by atoms with van der Waals surface area (Å²) in [6, 6.07) is 10.7. The molecule has 2 aromatic rings. The Kier molecular flexibility index (Phi) is 4.66. The van der Waals surface area contributed by atoms with Crippen LogP contribution in [0.25, 0.3) is 11.1 Å². The van der Waals surface area contributed by atoms with Crippen LogP contribution in [0, 0.1) is 11.7 Å². The number of alkyl halides is 3. The third-order valence-electron chi connectivity index (χ3n) is 4.45. The molecule has 138 valence electrons. The van der Waals surface area contributed by atoms with Gasteiger partial charge in [0.1, 0.15) is 5.82 Å². The molecule has 2 N–H and O–H groups in total. The van der Waals surface area contributed by atoms with Gasteiger partial charge in [-0.25, -0.2) is 17.9 Å². The van der Waals surface area contributed by atoms with Crippen LogP contribution in [0.4, 0.5) is 17.6 Å². The third-order valence-corrected chi connectivity index (χ3v) is 5.38. The van der Waals surface area contributed by atoms with E-state index in [4.69, 9.17) is 5.14 Å². The lowest BCUT2D eigenvalue weighted by Gasteiger charge is -2.14. The van der Waals surface area contributed by atoms with E-state index in [2.05, 4.69) is 0 Å². The van der Waals surface area contributed by atoms with Gasteiger partial charge in [0.15, 0.2) is 0 Å². The summed E-state index contributed by atoms with van der Waals surface area (Å²) in [7, 11) is -3.89.